The predicted octanol–water partition coefficient (Wildman–Crippen LogP) is 1.74. The van der Waals surface area contributed by atoms with E-state index in [0.29, 0.717) is 6.54 Å². The summed E-state index contributed by atoms with van der Waals surface area (Å²) in [4.78, 5) is 0. The molecule has 0 bridgehead atoms. The Morgan fingerprint density at radius 1 is 1.09 bits per heavy atom. The monoisotopic (exact) mass is 147 g/mol. The SMILES string of the molecule is NC/C=C\Cc1ccccc1. The molecule has 1 heteroatoms. The maximum absolute atomic E-state index is 5.31. The first-order valence-corrected chi connectivity index (χ1v) is 3.82. The van der Waals surface area contributed by atoms with Gasteiger partial charge in [-0.3, -0.25) is 0 Å². The van der Waals surface area contributed by atoms with Crippen molar-refractivity contribution in [1.29, 1.82) is 0 Å². The topological polar surface area (TPSA) is 26.0 Å². The molecule has 2 N–H and O–H groups in total. The minimum Gasteiger partial charge on any atom is -0.327 e. The van der Waals surface area contributed by atoms with Gasteiger partial charge >= 0.3 is 0 Å². The number of allylic oxidation sites excluding steroid dienone is 1. The van der Waals surface area contributed by atoms with E-state index in [0.717, 1.165) is 6.42 Å². The zero-order valence-electron chi connectivity index (χ0n) is 6.53. The molecule has 0 heterocycles. The highest BCUT2D eigenvalue weighted by molar-refractivity contribution is 5.17. The van der Waals surface area contributed by atoms with Gasteiger partial charge in [-0.05, 0) is 12.0 Å². The Morgan fingerprint density at radius 3 is 2.45 bits per heavy atom. The van der Waals surface area contributed by atoms with Gasteiger partial charge in [-0.25, -0.2) is 0 Å². The molecule has 11 heavy (non-hydrogen) atoms. The molecule has 0 aliphatic heterocycles. The summed E-state index contributed by atoms with van der Waals surface area (Å²) in [6.45, 7) is 0.632. The van der Waals surface area contributed by atoms with E-state index in [1.165, 1.54) is 5.56 Å². The van der Waals surface area contributed by atoms with Crippen LogP contribution in [0.1, 0.15) is 5.56 Å². The van der Waals surface area contributed by atoms with Gasteiger partial charge in [0.15, 0.2) is 0 Å². The van der Waals surface area contributed by atoms with Crippen molar-refractivity contribution in [1.82, 2.24) is 0 Å². The molecule has 1 nitrogen and oxygen atoms in total. The summed E-state index contributed by atoms with van der Waals surface area (Å²) in [6, 6.07) is 10.3. The summed E-state index contributed by atoms with van der Waals surface area (Å²) in [6.07, 6.45) is 5.06. The molecule has 0 unspecified atom stereocenters. The fourth-order valence-corrected chi connectivity index (χ4v) is 0.930. The van der Waals surface area contributed by atoms with E-state index in [1.807, 2.05) is 24.3 Å². The molecule has 0 aliphatic rings. The van der Waals surface area contributed by atoms with Gasteiger partial charge in [0, 0.05) is 6.54 Å². The molecule has 0 saturated carbocycles. The normalized spacial score (nSPS) is 10.6. The predicted molar refractivity (Wildman–Crippen MR) is 48.3 cm³/mol. The van der Waals surface area contributed by atoms with Crippen LogP contribution in [0.5, 0.6) is 0 Å². The summed E-state index contributed by atoms with van der Waals surface area (Å²) >= 11 is 0. The van der Waals surface area contributed by atoms with E-state index in [-0.39, 0.29) is 0 Å². The van der Waals surface area contributed by atoms with Gasteiger partial charge in [-0.1, -0.05) is 42.5 Å². The molecule has 1 aromatic carbocycles. The van der Waals surface area contributed by atoms with Crippen LogP contribution < -0.4 is 5.73 Å². The standard InChI is InChI=1S/C10H13N/c11-9-5-4-8-10-6-2-1-3-7-10/h1-7H,8-9,11H2/b5-4-. The van der Waals surface area contributed by atoms with Gasteiger partial charge in [0.05, 0.1) is 0 Å². The smallest absolute Gasteiger partial charge is 0.0106 e. The van der Waals surface area contributed by atoms with Crippen LogP contribution in [0.3, 0.4) is 0 Å². The van der Waals surface area contributed by atoms with Crippen molar-refractivity contribution < 1.29 is 0 Å². The van der Waals surface area contributed by atoms with Crippen molar-refractivity contribution in [3.8, 4) is 0 Å². The average molecular weight is 147 g/mol. The summed E-state index contributed by atoms with van der Waals surface area (Å²) in [5, 5.41) is 0. The third-order valence-electron chi connectivity index (χ3n) is 1.50. The maximum Gasteiger partial charge on any atom is 0.0106 e. The zero-order chi connectivity index (χ0) is 7.94. The highest BCUT2D eigenvalue weighted by Crippen LogP contribution is 1.99. The van der Waals surface area contributed by atoms with Crippen LogP contribution in [-0.2, 0) is 6.42 Å². The molecule has 58 valence electrons. The van der Waals surface area contributed by atoms with Crippen molar-refractivity contribution in [2.75, 3.05) is 6.54 Å². The summed E-state index contributed by atoms with van der Waals surface area (Å²) in [5.41, 5.74) is 6.64. The molecule has 0 aromatic heterocycles. The zero-order valence-corrected chi connectivity index (χ0v) is 6.53. The maximum atomic E-state index is 5.31. The first-order chi connectivity index (χ1) is 5.43. The molecular formula is C10H13N. The van der Waals surface area contributed by atoms with Crippen molar-refractivity contribution >= 4 is 0 Å². The van der Waals surface area contributed by atoms with Gasteiger partial charge in [0.2, 0.25) is 0 Å². The van der Waals surface area contributed by atoms with Crippen molar-refractivity contribution in [3.05, 3.63) is 48.0 Å². The second-order valence-electron chi connectivity index (χ2n) is 2.40. The lowest BCUT2D eigenvalue weighted by Crippen LogP contribution is -1.92. The van der Waals surface area contributed by atoms with Crippen LogP contribution in [0.25, 0.3) is 0 Å². The molecule has 0 spiro atoms. The number of nitrogens with two attached hydrogens (primary N) is 1. The highest BCUT2D eigenvalue weighted by Gasteiger charge is 1.83. The fraction of sp³-hybridized carbons (Fsp3) is 0.200. The van der Waals surface area contributed by atoms with Crippen molar-refractivity contribution in [2.24, 2.45) is 5.73 Å². The average Bonchev–Trinajstić information content (AvgIpc) is 2.07. The Bertz CT molecular complexity index is 214. The molecule has 1 rings (SSSR count). The molecule has 0 radical (unpaired) electrons. The fourth-order valence-electron chi connectivity index (χ4n) is 0.930. The number of hydrogen-bond donors (Lipinski definition) is 1. The van der Waals surface area contributed by atoms with Gasteiger partial charge in [-0.2, -0.15) is 0 Å². The first-order valence-electron chi connectivity index (χ1n) is 3.82. The summed E-state index contributed by atoms with van der Waals surface area (Å²) < 4.78 is 0. The van der Waals surface area contributed by atoms with Gasteiger partial charge in [-0.15, -0.1) is 0 Å². The molecular weight excluding hydrogens is 134 g/mol. The van der Waals surface area contributed by atoms with E-state index < -0.39 is 0 Å². The number of hydrogen-bond acceptors (Lipinski definition) is 1. The molecule has 0 atom stereocenters. The van der Waals surface area contributed by atoms with E-state index >= 15 is 0 Å². The molecule has 0 aliphatic carbocycles. The van der Waals surface area contributed by atoms with Crippen LogP contribution in [0.4, 0.5) is 0 Å². The highest BCUT2D eigenvalue weighted by atomic mass is 14.5. The summed E-state index contributed by atoms with van der Waals surface area (Å²) in [7, 11) is 0. The Labute approximate surface area is 67.5 Å². The Balaban J connectivity index is 2.45. The van der Waals surface area contributed by atoms with Gasteiger partial charge in [0.1, 0.15) is 0 Å². The minimum absolute atomic E-state index is 0.632. The van der Waals surface area contributed by atoms with E-state index in [4.69, 9.17) is 5.73 Å². The Hall–Kier alpha value is -1.08. The van der Waals surface area contributed by atoms with E-state index in [2.05, 4.69) is 18.2 Å². The van der Waals surface area contributed by atoms with Gasteiger partial charge in [0.25, 0.3) is 0 Å². The second kappa shape index (κ2) is 4.69. The second-order valence-corrected chi connectivity index (χ2v) is 2.40. The van der Waals surface area contributed by atoms with Crippen LogP contribution in [0.15, 0.2) is 42.5 Å². The molecule has 0 fully saturated rings. The van der Waals surface area contributed by atoms with Crippen LogP contribution in [-0.4, -0.2) is 6.54 Å². The van der Waals surface area contributed by atoms with E-state index in [9.17, 15) is 0 Å². The number of rotatable bonds is 3. The lowest BCUT2D eigenvalue weighted by Gasteiger charge is -1.92. The molecule has 1 aromatic rings. The number of benzene rings is 1. The largest absolute Gasteiger partial charge is 0.327 e. The van der Waals surface area contributed by atoms with Crippen LogP contribution in [0, 0.1) is 0 Å². The first kappa shape index (κ1) is 8.02. The lowest BCUT2D eigenvalue weighted by atomic mass is 10.1. The van der Waals surface area contributed by atoms with Crippen molar-refractivity contribution in [2.45, 2.75) is 6.42 Å². The molecule has 0 amide bonds. The van der Waals surface area contributed by atoms with Crippen LogP contribution in [0.2, 0.25) is 0 Å². The Kier molecular flexibility index (Phi) is 3.42. The Morgan fingerprint density at radius 2 is 1.82 bits per heavy atom. The van der Waals surface area contributed by atoms with Crippen molar-refractivity contribution in [3.63, 3.8) is 0 Å². The third kappa shape index (κ3) is 3.01. The molecule has 0 saturated heterocycles. The minimum atomic E-state index is 0.632. The van der Waals surface area contributed by atoms with Crippen LogP contribution >= 0.6 is 0 Å². The summed E-state index contributed by atoms with van der Waals surface area (Å²) in [5.74, 6) is 0. The third-order valence-corrected chi connectivity index (χ3v) is 1.50. The lowest BCUT2D eigenvalue weighted by molar-refractivity contribution is 1.20. The van der Waals surface area contributed by atoms with Gasteiger partial charge < -0.3 is 5.73 Å². The quantitative estimate of drug-likeness (QED) is 0.647. The van der Waals surface area contributed by atoms with E-state index in [1.54, 1.807) is 0 Å².